The van der Waals surface area contributed by atoms with Crippen LogP contribution < -0.4 is 5.32 Å². The Balaban J connectivity index is 1.87. The van der Waals surface area contributed by atoms with E-state index in [1.165, 1.54) is 6.20 Å². The number of aryl methyl sites for hydroxylation is 1. The summed E-state index contributed by atoms with van der Waals surface area (Å²) in [5, 5.41) is 11.8. The molecule has 1 aliphatic carbocycles. The zero-order valence-electron chi connectivity index (χ0n) is 10.3. The fourth-order valence-corrected chi connectivity index (χ4v) is 2.32. The lowest BCUT2D eigenvalue weighted by molar-refractivity contribution is -0.142. The minimum Gasteiger partial charge on any atom is -0.481 e. The van der Waals surface area contributed by atoms with Crippen LogP contribution in [-0.2, 0) is 11.8 Å². The largest absolute Gasteiger partial charge is 0.481 e. The lowest BCUT2D eigenvalue weighted by Gasteiger charge is -2.26. The summed E-state index contributed by atoms with van der Waals surface area (Å²) in [6, 6.07) is 0.0722. The molecule has 1 aromatic rings. The number of aromatic nitrogens is 2. The van der Waals surface area contributed by atoms with E-state index in [-0.39, 0.29) is 17.9 Å². The molecule has 6 nitrogen and oxygen atoms in total. The molecule has 1 saturated carbocycles. The topological polar surface area (TPSA) is 84.2 Å². The minimum absolute atomic E-state index is 0.0722. The molecular weight excluding hydrogens is 234 g/mol. The van der Waals surface area contributed by atoms with Gasteiger partial charge in [0.25, 0.3) is 5.91 Å². The van der Waals surface area contributed by atoms with Crippen molar-refractivity contribution in [3.8, 4) is 0 Å². The van der Waals surface area contributed by atoms with Crippen LogP contribution >= 0.6 is 0 Å². The van der Waals surface area contributed by atoms with Crippen LogP contribution in [0.25, 0.3) is 0 Å². The van der Waals surface area contributed by atoms with E-state index >= 15 is 0 Å². The summed E-state index contributed by atoms with van der Waals surface area (Å²) in [4.78, 5) is 26.6. The molecule has 2 N–H and O–H groups in total. The van der Waals surface area contributed by atoms with E-state index < -0.39 is 5.97 Å². The molecule has 1 amide bonds. The molecule has 0 aliphatic heterocycles. The van der Waals surface area contributed by atoms with Gasteiger partial charge in [-0.15, -0.1) is 0 Å². The number of carboxylic acid groups (broad SMARTS) is 1. The molecule has 1 aromatic heterocycles. The van der Waals surface area contributed by atoms with Gasteiger partial charge in [0.1, 0.15) is 5.69 Å². The molecule has 0 spiro atoms. The van der Waals surface area contributed by atoms with Gasteiger partial charge in [-0.3, -0.25) is 9.59 Å². The molecule has 0 unspecified atom stereocenters. The quantitative estimate of drug-likeness (QED) is 0.832. The fraction of sp³-hybridized carbons (Fsp3) is 0.583. The van der Waals surface area contributed by atoms with Crippen LogP contribution in [0.2, 0.25) is 0 Å². The molecule has 18 heavy (non-hydrogen) atoms. The van der Waals surface area contributed by atoms with E-state index in [1.807, 2.05) is 0 Å². The first-order valence-electron chi connectivity index (χ1n) is 6.08. The van der Waals surface area contributed by atoms with Crippen LogP contribution in [0.3, 0.4) is 0 Å². The summed E-state index contributed by atoms with van der Waals surface area (Å²) in [5.74, 6) is -1.13. The van der Waals surface area contributed by atoms with Crippen LogP contribution in [-0.4, -0.2) is 32.6 Å². The van der Waals surface area contributed by atoms with Crippen molar-refractivity contribution < 1.29 is 14.7 Å². The minimum atomic E-state index is -0.730. The average molecular weight is 251 g/mol. The van der Waals surface area contributed by atoms with Gasteiger partial charge in [0.15, 0.2) is 0 Å². The maximum Gasteiger partial charge on any atom is 0.306 e. The zero-order valence-corrected chi connectivity index (χ0v) is 10.3. The van der Waals surface area contributed by atoms with Crippen molar-refractivity contribution in [1.29, 1.82) is 0 Å². The molecule has 0 radical (unpaired) electrons. The standard InChI is InChI=1S/C12H17N3O3/c1-15-7-13-6-10(15)11(16)14-9-4-2-8(3-5-9)12(17)18/h6-9H,2-5H2,1H3,(H,14,16)(H,17,18). The lowest BCUT2D eigenvalue weighted by atomic mass is 9.86. The summed E-state index contributed by atoms with van der Waals surface area (Å²) >= 11 is 0. The first kappa shape index (κ1) is 12.6. The van der Waals surface area contributed by atoms with Crippen molar-refractivity contribution >= 4 is 11.9 Å². The molecule has 1 heterocycles. The lowest BCUT2D eigenvalue weighted by Crippen LogP contribution is -2.39. The van der Waals surface area contributed by atoms with E-state index in [1.54, 1.807) is 17.9 Å². The summed E-state index contributed by atoms with van der Waals surface area (Å²) < 4.78 is 1.66. The van der Waals surface area contributed by atoms with Gasteiger partial charge in [-0.05, 0) is 25.7 Å². The predicted octanol–water partition coefficient (Wildman–Crippen LogP) is 0.793. The van der Waals surface area contributed by atoms with Crippen molar-refractivity contribution in [1.82, 2.24) is 14.9 Å². The number of nitrogens with zero attached hydrogens (tertiary/aromatic N) is 2. The fourth-order valence-electron chi connectivity index (χ4n) is 2.32. The van der Waals surface area contributed by atoms with Crippen molar-refractivity contribution in [2.24, 2.45) is 13.0 Å². The molecule has 6 heteroatoms. The molecule has 0 atom stereocenters. The summed E-state index contributed by atoms with van der Waals surface area (Å²) in [7, 11) is 1.77. The number of imidazole rings is 1. The number of hydrogen-bond donors (Lipinski definition) is 2. The Kier molecular flexibility index (Phi) is 3.64. The van der Waals surface area contributed by atoms with E-state index in [0.29, 0.717) is 18.5 Å². The molecule has 1 fully saturated rings. The van der Waals surface area contributed by atoms with Crippen molar-refractivity contribution in [3.63, 3.8) is 0 Å². The van der Waals surface area contributed by atoms with Crippen LogP contribution in [0.5, 0.6) is 0 Å². The highest BCUT2D eigenvalue weighted by Crippen LogP contribution is 2.24. The Morgan fingerprint density at radius 1 is 1.39 bits per heavy atom. The highest BCUT2D eigenvalue weighted by molar-refractivity contribution is 5.92. The first-order valence-corrected chi connectivity index (χ1v) is 6.08. The second-order valence-corrected chi connectivity index (χ2v) is 4.75. The second-order valence-electron chi connectivity index (χ2n) is 4.75. The van der Waals surface area contributed by atoms with Gasteiger partial charge in [-0.25, -0.2) is 4.98 Å². The highest BCUT2D eigenvalue weighted by atomic mass is 16.4. The number of aliphatic carboxylic acids is 1. The van der Waals surface area contributed by atoms with Crippen molar-refractivity contribution in [2.75, 3.05) is 0 Å². The SMILES string of the molecule is Cn1cncc1C(=O)NC1CCC(C(=O)O)CC1. The van der Waals surface area contributed by atoms with Crippen molar-refractivity contribution in [3.05, 3.63) is 18.2 Å². The highest BCUT2D eigenvalue weighted by Gasteiger charge is 2.27. The van der Waals surface area contributed by atoms with Gasteiger partial charge in [-0.2, -0.15) is 0 Å². The molecular formula is C12H17N3O3. The molecule has 2 rings (SSSR count). The first-order chi connectivity index (χ1) is 8.58. The maximum absolute atomic E-state index is 11.9. The van der Waals surface area contributed by atoms with E-state index in [4.69, 9.17) is 5.11 Å². The molecule has 1 aliphatic rings. The van der Waals surface area contributed by atoms with E-state index in [0.717, 1.165) is 12.8 Å². The Labute approximate surface area is 105 Å². The number of rotatable bonds is 3. The number of nitrogens with one attached hydrogen (secondary N) is 1. The van der Waals surface area contributed by atoms with Gasteiger partial charge < -0.3 is 15.0 Å². The number of carboxylic acids is 1. The normalized spacial score (nSPS) is 23.6. The monoisotopic (exact) mass is 251 g/mol. The Morgan fingerprint density at radius 3 is 2.56 bits per heavy atom. The molecule has 0 saturated heterocycles. The third-order valence-corrected chi connectivity index (χ3v) is 3.46. The number of hydrogen-bond acceptors (Lipinski definition) is 3. The van der Waals surface area contributed by atoms with Gasteiger partial charge in [-0.1, -0.05) is 0 Å². The van der Waals surface area contributed by atoms with Crippen LogP contribution in [0, 0.1) is 5.92 Å². The van der Waals surface area contributed by atoms with Crippen LogP contribution in [0.1, 0.15) is 36.2 Å². The van der Waals surface area contributed by atoms with Gasteiger partial charge in [0.05, 0.1) is 18.4 Å². The van der Waals surface area contributed by atoms with Crippen LogP contribution in [0.15, 0.2) is 12.5 Å². The van der Waals surface area contributed by atoms with Gasteiger partial charge in [0, 0.05) is 13.1 Å². The Morgan fingerprint density at radius 2 is 2.06 bits per heavy atom. The van der Waals surface area contributed by atoms with E-state index in [9.17, 15) is 9.59 Å². The smallest absolute Gasteiger partial charge is 0.306 e. The summed E-state index contributed by atoms with van der Waals surface area (Å²) in [6.45, 7) is 0. The number of carbonyl (C=O) groups excluding carboxylic acids is 1. The zero-order chi connectivity index (χ0) is 13.1. The molecule has 0 bridgehead atoms. The third kappa shape index (κ3) is 2.69. The maximum atomic E-state index is 11.9. The van der Waals surface area contributed by atoms with Gasteiger partial charge in [0.2, 0.25) is 0 Å². The second kappa shape index (κ2) is 5.20. The number of carbonyl (C=O) groups is 2. The van der Waals surface area contributed by atoms with Gasteiger partial charge >= 0.3 is 5.97 Å². The van der Waals surface area contributed by atoms with E-state index in [2.05, 4.69) is 10.3 Å². The Bertz CT molecular complexity index is 447. The third-order valence-electron chi connectivity index (χ3n) is 3.46. The molecule has 0 aromatic carbocycles. The Hall–Kier alpha value is -1.85. The number of amides is 1. The summed E-state index contributed by atoms with van der Waals surface area (Å²) in [5.41, 5.74) is 0.523. The summed E-state index contributed by atoms with van der Waals surface area (Å²) in [6.07, 6.45) is 5.81. The average Bonchev–Trinajstić information content (AvgIpc) is 2.76. The van der Waals surface area contributed by atoms with Crippen molar-refractivity contribution in [2.45, 2.75) is 31.7 Å². The molecule has 98 valence electrons. The predicted molar refractivity (Wildman–Crippen MR) is 64.1 cm³/mol. The van der Waals surface area contributed by atoms with Crippen LogP contribution in [0.4, 0.5) is 0 Å².